The third-order valence-electron chi connectivity index (χ3n) is 2.17. The van der Waals surface area contributed by atoms with Crippen molar-refractivity contribution in [1.82, 2.24) is 0 Å². The van der Waals surface area contributed by atoms with Crippen molar-refractivity contribution in [3.63, 3.8) is 0 Å². The molecule has 0 spiro atoms. The Morgan fingerprint density at radius 3 is 3.13 bits per heavy atom. The average Bonchev–Trinajstić information content (AvgIpc) is 2.27. The molecule has 0 saturated heterocycles. The summed E-state index contributed by atoms with van der Waals surface area (Å²) < 4.78 is 5.20. The van der Waals surface area contributed by atoms with E-state index in [0.717, 1.165) is 5.56 Å². The molecule has 0 aromatic heterocycles. The summed E-state index contributed by atoms with van der Waals surface area (Å²) in [6.07, 6.45) is -0.575. The van der Waals surface area contributed by atoms with Crippen molar-refractivity contribution in [2.24, 2.45) is 0 Å². The lowest BCUT2D eigenvalue weighted by Crippen LogP contribution is -2.25. The van der Waals surface area contributed by atoms with Crippen LogP contribution >= 0.6 is 15.9 Å². The van der Waals surface area contributed by atoms with Crippen molar-refractivity contribution < 1.29 is 14.6 Å². The van der Waals surface area contributed by atoms with Crippen molar-refractivity contribution in [1.29, 1.82) is 0 Å². The molecule has 0 aliphatic carbocycles. The van der Waals surface area contributed by atoms with E-state index < -0.39 is 6.10 Å². The topological polar surface area (TPSA) is 58.6 Å². The SMILES string of the molecule is O=C1COc2ccc(C(O)CBr)cc2N1. The highest BCUT2D eigenvalue weighted by Crippen LogP contribution is 2.30. The van der Waals surface area contributed by atoms with Gasteiger partial charge in [-0.25, -0.2) is 0 Å². The number of halogens is 1. The highest BCUT2D eigenvalue weighted by atomic mass is 79.9. The van der Waals surface area contributed by atoms with Crippen LogP contribution in [0.5, 0.6) is 5.75 Å². The highest BCUT2D eigenvalue weighted by Gasteiger charge is 2.17. The van der Waals surface area contributed by atoms with Crippen LogP contribution in [0.2, 0.25) is 0 Å². The number of rotatable bonds is 2. The lowest BCUT2D eigenvalue weighted by Gasteiger charge is -2.19. The lowest BCUT2D eigenvalue weighted by molar-refractivity contribution is -0.118. The molecule has 1 heterocycles. The van der Waals surface area contributed by atoms with Gasteiger partial charge in [-0.05, 0) is 17.7 Å². The Morgan fingerprint density at radius 2 is 2.40 bits per heavy atom. The van der Waals surface area contributed by atoms with Gasteiger partial charge in [0.1, 0.15) is 5.75 Å². The van der Waals surface area contributed by atoms with Crippen molar-refractivity contribution in [2.75, 3.05) is 17.3 Å². The monoisotopic (exact) mass is 271 g/mol. The molecule has 2 rings (SSSR count). The lowest BCUT2D eigenvalue weighted by atomic mass is 10.1. The number of anilines is 1. The smallest absolute Gasteiger partial charge is 0.262 e. The molecule has 2 N–H and O–H groups in total. The Morgan fingerprint density at radius 1 is 1.60 bits per heavy atom. The molecule has 1 atom stereocenters. The van der Waals surface area contributed by atoms with Crippen LogP contribution in [0.4, 0.5) is 5.69 Å². The van der Waals surface area contributed by atoms with Crippen molar-refractivity contribution in [2.45, 2.75) is 6.10 Å². The molecule has 0 saturated carbocycles. The van der Waals surface area contributed by atoms with E-state index >= 15 is 0 Å². The zero-order valence-electron chi connectivity index (χ0n) is 7.87. The molecule has 80 valence electrons. The first kappa shape index (κ1) is 10.4. The third-order valence-corrected chi connectivity index (χ3v) is 2.78. The van der Waals surface area contributed by atoms with Gasteiger partial charge >= 0.3 is 0 Å². The number of benzene rings is 1. The van der Waals surface area contributed by atoms with Crippen molar-refractivity contribution in [3.8, 4) is 5.75 Å². The van der Waals surface area contributed by atoms with Gasteiger partial charge in [0.05, 0.1) is 11.8 Å². The quantitative estimate of drug-likeness (QED) is 0.801. The van der Waals surface area contributed by atoms with Gasteiger partial charge in [-0.1, -0.05) is 22.0 Å². The maximum atomic E-state index is 11.1. The van der Waals surface area contributed by atoms with Crippen LogP contribution in [0.25, 0.3) is 0 Å². The van der Waals surface area contributed by atoms with E-state index in [1.807, 2.05) is 0 Å². The standard InChI is InChI=1S/C10H10BrNO3/c11-4-8(13)6-1-2-9-7(3-6)12-10(14)5-15-9/h1-3,8,13H,4-5H2,(H,12,14). The van der Waals surface area contributed by atoms with Crippen LogP contribution < -0.4 is 10.1 Å². The number of amides is 1. The van der Waals surface area contributed by atoms with Gasteiger partial charge in [0.15, 0.2) is 6.61 Å². The van der Waals surface area contributed by atoms with Gasteiger partial charge in [0, 0.05) is 5.33 Å². The summed E-state index contributed by atoms with van der Waals surface area (Å²) in [5.74, 6) is 0.466. The van der Waals surface area contributed by atoms with Crippen LogP contribution in [0, 0.1) is 0 Å². The first-order valence-corrected chi connectivity index (χ1v) is 5.63. The largest absolute Gasteiger partial charge is 0.482 e. The summed E-state index contributed by atoms with van der Waals surface area (Å²) in [5.41, 5.74) is 1.36. The van der Waals surface area contributed by atoms with Crippen LogP contribution in [0.3, 0.4) is 0 Å². The third kappa shape index (κ3) is 2.13. The molecule has 1 aliphatic heterocycles. The van der Waals surface area contributed by atoms with Gasteiger partial charge in [0.25, 0.3) is 5.91 Å². The molecule has 1 aromatic carbocycles. The number of carbonyl (C=O) groups excluding carboxylic acids is 1. The van der Waals surface area contributed by atoms with Crippen LogP contribution in [-0.2, 0) is 4.79 Å². The van der Waals surface area contributed by atoms with E-state index in [-0.39, 0.29) is 12.5 Å². The van der Waals surface area contributed by atoms with Gasteiger partial charge in [-0.3, -0.25) is 4.79 Å². The first-order chi connectivity index (χ1) is 7.20. The number of alkyl halides is 1. The summed E-state index contributed by atoms with van der Waals surface area (Å²) in [4.78, 5) is 11.1. The molecule has 0 fully saturated rings. The van der Waals surface area contributed by atoms with Crippen LogP contribution in [0.1, 0.15) is 11.7 Å². The summed E-state index contributed by atoms with van der Waals surface area (Å²) in [6, 6.07) is 5.25. The molecule has 0 radical (unpaired) electrons. The first-order valence-electron chi connectivity index (χ1n) is 4.51. The minimum atomic E-state index is -0.575. The second-order valence-electron chi connectivity index (χ2n) is 3.26. The fourth-order valence-electron chi connectivity index (χ4n) is 1.40. The number of hydrogen-bond donors (Lipinski definition) is 2. The normalized spacial score (nSPS) is 16.3. The maximum Gasteiger partial charge on any atom is 0.262 e. The van der Waals surface area contributed by atoms with Gasteiger partial charge in [0.2, 0.25) is 0 Å². The van der Waals surface area contributed by atoms with Crippen molar-refractivity contribution >= 4 is 27.5 Å². The Labute approximate surface area is 95.4 Å². The predicted molar refractivity (Wildman–Crippen MR) is 59.3 cm³/mol. The van der Waals surface area contributed by atoms with E-state index in [0.29, 0.717) is 16.8 Å². The van der Waals surface area contributed by atoms with Crippen LogP contribution in [-0.4, -0.2) is 23.0 Å². The number of nitrogens with one attached hydrogen (secondary N) is 1. The molecule has 1 unspecified atom stereocenters. The number of aliphatic hydroxyl groups excluding tert-OH is 1. The van der Waals surface area contributed by atoms with E-state index in [1.54, 1.807) is 18.2 Å². The number of aliphatic hydroxyl groups is 1. The fraction of sp³-hybridized carbons (Fsp3) is 0.300. The summed E-state index contributed by atoms with van der Waals surface area (Å²) in [6.45, 7) is 0.0490. The number of ether oxygens (including phenoxy) is 1. The molecule has 15 heavy (non-hydrogen) atoms. The molecule has 1 amide bonds. The van der Waals surface area contributed by atoms with Crippen LogP contribution in [0.15, 0.2) is 18.2 Å². The molecule has 5 heteroatoms. The zero-order valence-corrected chi connectivity index (χ0v) is 9.45. The Balaban J connectivity index is 2.32. The van der Waals surface area contributed by atoms with E-state index in [1.165, 1.54) is 0 Å². The van der Waals surface area contributed by atoms with E-state index in [4.69, 9.17) is 4.74 Å². The minimum Gasteiger partial charge on any atom is -0.482 e. The second-order valence-corrected chi connectivity index (χ2v) is 3.91. The molecule has 1 aromatic rings. The number of carbonyl (C=O) groups is 1. The van der Waals surface area contributed by atoms with Gasteiger partial charge in [-0.2, -0.15) is 0 Å². The number of fused-ring (bicyclic) bond motifs is 1. The van der Waals surface area contributed by atoms with E-state index in [9.17, 15) is 9.90 Å². The van der Waals surface area contributed by atoms with Crippen molar-refractivity contribution in [3.05, 3.63) is 23.8 Å². The molecule has 1 aliphatic rings. The van der Waals surface area contributed by atoms with Gasteiger partial charge in [-0.15, -0.1) is 0 Å². The molecule has 0 bridgehead atoms. The molecular formula is C10H10BrNO3. The maximum absolute atomic E-state index is 11.1. The highest BCUT2D eigenvalue weighted by molar-refractivity contribution is 9.09. The van der Waals surface area contributed by atoms with E-state index in [2.05, 4.69) is 21.2 Å². The molecular weight excluding hydrogens is 262 g/mol. The minimum absolute atomic E-state index is 0.0490. The second kappa shape index (κ2) is 4.20. The molecule has 4 nitrogen and oxygen atoms in total. The zero-order chi connectivity index (χ0) is 10.8. The predicted octanol–water partition coefficient (Wildman–Crippen LogP) is 1.45. The Bertz CT molecular complexity index is 394. The summed E-state index contributed by atoms with van der Waals surface area (Å²) >= 11 is 3.19. The summed E-state index contributed by atoms with van der Waals surface area (Å²) in [7, 11) is 0. The Kier molecular flexibility index (Phi) is 2.93. The Hall–Kier alpha value is -1.07. The summed E-state index contributed by atoms with van der Waals surface area (Å²) in [5, 5.41) is 12.7. The van der Waals surface area contributed by atoms with Gasteiger partial charge < -0.3 is 15.2 Å². The number of hydrogen-bond acceptors (Lipinski definition) is 3. The fourth-order valence-corrected chi connectivity index (χ4v) is 1.77. The average molecular weight is 272 g/mol.